The summed E-state index contributed by atoms with van der Waals surface area (Å²) in [5.41, 5.74) is 0.992. The average molecular weight is 141 g/mol. The molecule has 0 unspecified atom stereocenters. The minimum atomic E-state index is -0.0985. The maximum atomic E-state index is 10.7. The van der Waals surface area contributed by atoms with Crippen LogP contribution in [0, 0.1) is 0 Å². The Kier molecular flexibility index (Phi) is 2.42. The van der Waals surface area contributed by atoms with E-state index in [9.17, 15) is 4.79 Å². The molecule has 56 valence electrons. The lowest BCUT2D eigenvalue weighted by atomic mass is 10.2. The van der Waals surface area contributed by atoms with Gasteiger partial charge in [0.15, 0.2) is 0 Å². The molecule has 0 N–H and O–H groups in total. The Bertz CT molecular complexity index is 163. The van der Waals surface area contributed by atoms with E-state index in [0.29, 0.717) is 13.0 Å². The molecular formula is C7H11NO2. The molecule has 3 nitrogen and oxygen atoms in total. The number of hydrogen-bond donors (Lipinski definition) is 0. The Morgan fingerprint density at radius 3 is 3.00 bits per heavy atom. The first-order chi connectivity index (χ1) is 4.83. The third-order valence-electron chi connectivity index (χ3n) is 1.56. The van der Waals surface area contributed by atoms with Crippen molar-refractivity contribution in [3.05, 3.63) is 0 Å². The second-order valence-electron chi connectivity index (χ2n) is 2.30. The van der Waals surface area contributed by atoms with Crippen molar-refractivity contribution in [2.45, 2.75) is 19.3 Å². The van der Waals surface area contributed by atoms with Gasteiger partial charge in [0.2, 0.25) is 0 Å². The van der Waals surface area contributed by atoms with E-state index in [0.717, 1.165) is 18.6 Å². The van der Waals surface area contributed by atoms with Crippen LogP contribution in [0.1, 0.15) is 19.3 Å². The molecule has 1 rings (SSSR count). The van der Waals surface area contributed by atoms with Gasteiger partial charge in [-0.05, 0) is 12.8 Å². The molecule has 0 aliphatic carbocycles. The molecule has 1 saturated heterocycles. The topological polar surface area (TPSA) is 38.7 Å². The van der Waals surface area contributed by atoms with Crippen molar-refractivity contribution in [3.63, 3.8) is 0 Å². The van der Waals surface area contributed by atoms with Crippen molar-refractivity contribution < 1.29 is 9.53 Å². The summed E-state index contributed by atoms with van der Waals surface area (Å²) in [5.74, 6) is -0.0985. The smallest absolute Gasteiger partial charge is 0.306 e. The summed E-state index contributed by atoms with van der Waals surface area (Å²) >= 11 is 0. The third-order valence-corrected chi connectivity index (χ3v) is 1.56. The highest BCUT2D eigenvalue weighted by atomic mass is 16.5. The van der Waals surface area contributed by atoms with Crippen LogP contribution >= 0.6 is 0 Å². The minimum Gasteiger partial charge on any atom is -0.460 e. The second-order valence-corrected chi connectivity index (χ2v) is 2.30. The maximum absolute atomic E-state index is 10.7. The van der Waals surface area contributed by atoms with Crippen LogP contribution in [0.3, 0.4) is 0 Å². The monoisotopic (exact) mass is 141 g/mol. The molecule has 0 bridgehead atoms. The van der Waals surface area contributed by atoms with Gasteiger partial charge in [0.25, 0.3) is 0 Å². The van der Waals surface area contributed by atoms with Crippen molar-refractivity contribution >= 4 is 11.7 Å². The van der Waals surface area contributed by atoms with E-state index in [2.05, 4.69) is 4.99 Å². The van der Waals surface area contributed by atoms with Gasteiger partial charge in [0.05, 0.1) is 0 Å². The molecule has 1 fully saturated rings. The highest BCUT2D eigenvalue weighted by Gasteiger charge is 2.10. The van der Waals surface area contributed by atoms with E-state index in [1.165, 1.54) is 0 Å². The quantitative estimate of drug-likeness (QED) is 0.468. The van der Waals surface area contributed by atoms with Crippen LogP contribution in [0.25, 0.3) is 0 Å². The fraction of sp³-hybridized carbons (Fsp3) is 0.714. The number of hydrogen-bond acceptors (Lipinski definition) is 3. The molecule has 0 radical (unpaired) electrons. The lowest BCUT2D eigenvalue weighted by molar-refractivity contribution is -0.141. The Morgan fingerprint density at radius 2 is 2.30 bits per heavy atom. The molecule has 0 saturated carbocycles. The largest absolute Gasteiger partial charge is 0.460 e. The Balaban J connectivity index is 2.48. The molecule has 0 atom stereocenters. The van der Waals surface area contributed by atoms with E-state index in [1.807, 2.05) is 0 Å². The average Bonchev–Trinajstić information content (AvgIpc) is 2.14. The minimum absolute atomic E-state index is 0.0985. The number of rotatable bonds is 0. The third kappa shape index (κ3) is 1.83. The van der Waals surface area contributed by atoms with Gasteiger partial charge < -0.3 is 4.74 Å². The summed E-state index contributed by atoms with van der Waals surface area (Å²) in [6.45, 7) is 0.398. The fourth-order valence-corrected chi connectivity index (χ4v) is 0.921. The zero-order valence-electron chi connectivity index (χ0n) is 6.09. The first-order valence-corrected chi connectivity index (χ1v) is 3.43. The van der Waals surface area contributed by atoms with Crippen LogP contribution in [0.15, 0.2) is 4.99 Å². The number of nitrogens with zero attached hydrogens (tertiary/aromatic N) is 1. The van der Waals surface area contributed by atoms with E-state index >= 15 is 0 Å². The van der Waals surface area contributed by atoms with E-state index in [-0.39, 0.29) is 5.97 Å². The van der Waals surface area contributed by atoms with Crippen LogP contribution in [0.2, 0.25) is 0 Å². The summed E-state index contributed by atoms with van der Waals surface area (Å²) in [6, 6.07) is 0. The van der Waals surface area contributed by atoms with Gasteiger partial charge in [0, 0.05) is 19.2 Å². The van der Waals surface area contributed by atoms with Crippen LogP contribution in [-0.2, 0) is 9.53 Å². The van der Waals surface area contributed by atoms with Gasteiger partial charge in [0.1, 0.15) is 6.61 Å². The van der Waals surface area contributed by atoms with Gasteiger partial charge in [-0.15, -0.1) is 0 Å². The molecule has 3 heteroatoms. The Hall–Kier alpha value is -0.860. The molecule has 10 heavy (non-hydrogen) atoms. The van der Waals surface area contributed by atoms with E-state index < -0.39 is 0 Å². The van der Waals surface area contributed by atoms with Gasteiger partial charge in [-0.25, -0.2) is 0 Å². The molecule has 0 spiro atoms. The maximum Gasteiger partial charge on any atom is 0.306 e. The van der Waals surface area contributed by atoms with Gasteiger partial charge in [-0.1, -0.05) is 0 Å². The Morgan fingerprint density at radius 1 is 1.50 bits per heavy atom. The number of carbonyl (C=O) groups is 1. The molecule has 0 aromatic carbocycles. The molecule has 1 aliphatic heterocycles. The van der Waals surface area contributed by atoms with Crippen molar-refractivity contribution in [1.82, 2.24) is 0 Å². The van der Waals surface area contributed by atoms with Crippen LogP contribution in [0.4, 0.5) is 0 Å². The lowest BCUT2D eigenvalue weighted by Gasteiger charge is -1.98. The molecule has 1 aliphatic rings. The van der Waals surface area contributed by atoms with Crippen molar-refractivity contribution in [2.24, 2.45) is 4.99 Å². The zero-order valence-corrected chi connectivity index (χ0v) is 6.09. The highest BCUT2D eigenvalue weighted by molar-refractivity contribution is 5.88. The number of ether oxygens (including phenoxy) is 1. The molecule has 1 heterocycles. The number of carbonyl (C=O) groups excluding carboxylic acids is 1. The second kappa shape index (κ2) is 3.34. The first-order valence-electron chi connectivity index (χ1n) is 3.43. The standard InChI is InChI=1S/C7H11NO2/c1-8-6-3-2-4-7(9)10-5-6/h2-5H2,1H3. The van der Waals surface area contributed by atoms with Crippen LogP contribution in [-0.4, -0.2) is 25.3 Å². The number of aliphatic imine (C=N–C) groups is 1. The van der Waals surface area contributed by atoms with Crippen LogP contribution in [0.5, 0.6) is 0 Å². The van der Waals surface area contributed by atoms with Gasteiger partial charge in [-0.2, -0.15) is 0 Å². The molecular weight excluding hydrogens is 130 g/mol. The van der Waals surface area contributed by atoms with Gasteiger partial charge in [-0.3, -0.25) is 9.79 Å². The first kappa shape index (κ1) is 7.25. The number of cyclic esters (lactones) is 1. The highest BCUT2D eigenvalue weighted by Crippen LogP contribution is 2.05. The fourth-order valence-electron chi connectivity index (χ4n) is 0.921. The predicted molar refractivity (Wildman–Crippen MR) is 38.2 cm³/mol. The SMILES string of the molecule is CN=C1CCCC(=O)OC1. The number of esters is 1. The summed E-state index contributed by atoms with van der Waals surface area (Å²) in [5, 5.41) is 0. The van der Waals surface area contributed by atoms with E-state index in [4.69, 9.17) is 4.74 Å². The van der Waals surface area contributed by atoms with Crippen molar-refractivity contribution in [2.75, 3.05) is 13.7 Å². The molecule has 0 amide bonds. The summed E-state index contributed by atoms with van der Waals surface area (Å²) in [4.78, 5) is 14.6. The lowest BCUT2D eigenvalue weighted by Crippen LogP contribution is -2.07. The van der Waals surface area contributed by atoms with E-state index in [1.54, 1.807) is 7.05 Å². The zero-order chi connectivity index (χ0) is 7.40. The van der Waals surface area contributed by atoms with Gasteiger partial charge >= 0.3 is 5.97 Å². The summed E-state index contributed by atoms with van der Waals surface area (Å²) < 4.78 is 4.84. The van der Waals surface area contributed by atoms with Crippen molar-refractivity contribution in [3.8, 4) is 0 Å². The molecule has 0 aromatic rings. The predicted octanol–water partition coefficient (Wildman–Crippen LogP) is 0.784. The summed E-state index contributed by atoms with van der Waals surface area (Å²) in [7, 11) is 1.73. The molecule has 0 aromatic heterocycles. The van der Waals surface area contributed by atoms with Crippen molar-refractivity contribution in [1.29, 1.82) is 0 Å². The summed E-state index contributed by atoms with van der Waals surface area (Å²) in [6.07, 6.45) is 2.33. The Labute approximate surface area is 60.1 Å². The van der Waals surface area contributed by atoms with Crippen LogP contribution < -0.4 is 0 Å². The normalized spacial score (nSPS) is 24.1.